The van der Waals surface area contributed by atoms with Crippen LogP contribution in [0.15, 0.2) is 46.3 Å². The molecule has 0 spiro atoms. The van der Waals surface area contributed by atoms with Crippen LogP contribution in [-0.2, 0) is 17.8 Å². The molecule has 0 fully saturated rings. The van der Waals surface area contributed by atoms with Crippen LogP contribution in [0.25, 0.3) is 0 Å². The summed E-state index contributed by atoms with van der Waals surface area (Å²) in [5, 5.41) is 4.87. The Kier molecular flexibility index (Phi) is 5.76. The Bertz CT molecular complexity index is 556. The largest absolute Gasteiger partial charge is 0.350 e. The Balaban J connectivity index is 1.76. The predicted molar refractivity (Wildman–Crippen MR) is 86.6 cm³/mol. The molecule has 3 N–H and O–H groups in total. The average molecular weight is 353 g/mol. The Morgan fingerprint density at radius 2 is 2.05 bits per heavy atom. The second-order valence-corrected chi connectivity index (χ2v) is 6.40. The summed E-state index contributed by atoms with van der Waals surface area (Å²) in [5.74, 6) is -0.0961. The van der Waals surface area contributed by atoms with Gasteiger partial charge in [-0.2, -0.15) is 0 Å². The third-order valence-electron chi connectivity index (χ3n) is 3.04. The Hall–Kier alpha value is -1.17. The number of amides is 1. The highest BCUT2D eigenvalue weighted by Crippen LogP contribution is 2.22. The van der Waals surface area contributed by atoms with Gasteiger partial charge in [0, 0.05) is 9.35 Å². The molecular weight excluding hydrogens is 336 g/mol. The molecule has 0 unspecified atom stereocenters. The van der Waals surface area contributed by atoms with Crippen LogP contribution in [0.5, 0.6) is 0 Å². The van der Waals surface area contributed by atoms with Gasteiger partial charge in [-0.15, -0.1) is 11.3 Å². The zero-order valence-electron chi connectivity index (χ0n) is 11.0. The molecule has 3 nitrogen and oxygen atoms in total. The van der Waals surface area contributed by atoms with Gasteiger partial charge in [0.05, 0.1) is 12.6 Å². The van der Waals surface area contributed by atoms with E-state index < -0.39 is 6.04 Å². The zero-order chi connectivity index (χ0) is 14.4. The van der Waals surface area contributed by atoms with Gasteiger partial charge >= 0.3 is 0 Å². The number of nitrogens with two attached hydrogens (primary N) is 1. The fraction of sp³-hybridized carbons (Fsp3) is 0.267. The summed E-state index contributed by atoms with van der Waals surface area (Å²) >= 11 is 5.05. The maximum atomic E-state index is 11.9. The molecule has 0 radical (unpaired) electrons. The summed E-state index contributed by atoms with van der Waals surface area (Å²) in [6.07, 6.45) is 1.47. The summed E-state index contributed by atoms with van der Waals surface area (Å²) < 4.78 is 1.03. The van der Waals surface area contributed by atoms with Crippen molar-refractivity contribution in [1.82, 2.24) is 5.32 Å². The Labute approximate surface area is 131 Å². The van der Waals surface area contributed by atoms with E-state index in [1.165, 1.54) is 5.56 Å². The van der Waals surface area contributed by atoms with Crippen LogP contribution in [0, 0.1) is 0 Å². The molecule has 20 heavy (non-hydrogen) atoms. The minimum Gasteiger partial charge on any atom is -0.350 e. The van der Waals surface area contributed by atoms with Crippen molar-refractivity contribution in [2.24, 2.45) is 5.73 Å². The van der Waals surface area contributed by atoms with Crippen molar-refractivity contribution in [1.29, 1.82) is 0 Å². The highest BCUT2D eigenvalue weighted by Gasteiger charge is 2.13. The van der Waals surface area contributed by atoms with Gasteiger partial charge in [0.25, 0.3) is 0 Å². The van der Waals surface area contributed by atoms with E-state index in [0.29, 0.717) is 13.0 Å². The maximum Gasteiger partial charge on any atom is 0.237 e. The monoisotopic (exact) mass is 352 g/mol. The third kappa shape index (κ3) is 4.44. The summed E-state index contributed by atoms with van der Waals surface area (Å²) in [4.78, 5) is 13.0. The van der Waals surface area contributed by atoms with Gasteiger partial charge in [-0.05, 0) is 45.8 Å². The summed E-state index contributed by atoms with van der Waals surface area (Å²) in [5.41, 5.74) is 7.13. The highest BCUT2D eigenvalue weighted by atomic mass is 79.9. The van der Waals surface area contributed by atoms with E-state index in [9.17, 15) is 4.79 Å². The first-order valence-electron chi connectivity index (χ1n) is 6.46. The Morgan fingerprint density at radius 1 is 1.30 bits per heavy atom. The lowest BCUT2D eigenvalue weighted by atomic mass is 10.1. The number of carbonyl (C=O) groups is 1. The minimum absolute atomic E-state index is 0.0961. The second-order valence-electron chi connectivity index (χ2n) is 4.54. The molecular formula is C15H17BrN2OS. The molecule has 0 saturated heterocycles. The van der Waals surface area contributed by atoms with Crippen molar-refractivity contribution < 1.29 is 4.79 Å². The zero-order valence-corrected chi connectivity index (χ0v) is 13.4. The number of hydrogen-bond acceptors (Lipinski definition) is 3. The number of thiophene rings is 1. The molecule has 2 rings (SSSR count). The van der Waals surface area contributed by atoms with Crippen LogP contribution in [0.3, 0.4) is 0 Å². The van der Waals surface area contributed by atoms with Gasteiger partial charge in [0.1, 0.15) is 0 Å². The third-order valence-corrected chi connectivity index (χ3v) is 4.96. The van der Waals surface area contributed by atoms with Gasteiger partial charge in [0.15, 0.2) is 0 Å². The second kappa shape index (κ2) is 7.57. The molecule has 1 heterocycles. The number of carbonyl (C=O) groups excluding carboxylic acids is 1. The minimum atomic E-state index is -0.464. The van der Waals surface area contributed by atoms with Crippen molar-refractivity contribution in [2.75, 3.05) is 0 Å². The quantitative estimate of drug-likeness (QED) is 0.839. The number of aryl methyl sites for hydroxylation is 1. The van der Waals surface area contributed by atoms with Crippen LogP contribution in [0.4, 0.5) is 0 Å². The van der Waals surface area contributed by atoms with E-state index in [1.807, 2.05) is 41.8 Å². The van der Waals surface area contributed by atoms with Crippen molar-refractivity contribution in [3.8, 4) is 0 Å². The highest BCUT2D eigenvalue weighted by molar-refractivity contribution is 9.10. The molecule has 1 aromatic carbocycles. The fourth-order valence-corrected chi connectivity index (χ4v) is 3.28. The van der Waals surface area contributed by atoms with Gasteiger partial charge in [0.2, 0.25) is 5.91 Å². The van der Waals surface area contributed by atoms with Crippen molar-refractivity contribution >= 4 is 33.2 Å². The predicted octanol–water partition coefficient (Wildman–Crippen LogP) is 3.09. The molecule has 5 heteroatoms. The van der Waals surface area contributed by atoms with Crippen LogP contribution < -0.4 is 11.1 Å². The molecule has 0 aliphatic heterocycles. The van der Waals surface area contributed by atoms with Gasteiger partial charge < -0.3 is 11.1 Å². The van der Waals surface area contributed by atoms with Crippen LogP contribution in [-0.4, -0.2) is 11.9 Å². The topological polar surface area (TPSA) is 55.1 Å². The molecule has 1 aromatic heterocycles. The number of nitrogens with one attached hydrogen (secondary N) is 1. The van der Waals surface area contributed by atoms with Gasteiger partial charge in [-0.3, -0.25) is 4.79 Å². The number of hydrogen-bond donors (Lipinski definition) is 2. The number of rotatable bonds is 6. The van der Waals surface area contributed by atoms with Crippen molar-refractivity contribution in [2.45, 2.75) is 25.4 Å². The molecule has 0 bridgehead atoms. The summed E-state index contributed by atoms with van der Waals surface area (Å²) in [7, 11) is 0. The van der Waals surface area contributed by atoms with E-state index in [1.54, 1.807) is 11.3 Å². The van der Waals surface area contributed by atoms with Gasteiger partial charge in [-0.1, -0.05) is 30.3 Å². The van der Waals surface area contributed by atoms with Crippen LogP contribution in [0.1, 0.15) is 16.9 Å². The molecule has 0 saturated carbocycles. The molecule has 2 aromatic rings. The van der Waals surface area contributed by atoms with E-state index in [4.69, 9.17) is 5.73 Å². The van der Waals surface area contributed by atoms with Crippen LogP contribution in [0.2, 0.25) is 0 Å². The lowest BCUT2D eigenvalue weighted by Gasteiger charge is -2.12. The first kappa shape index (κ1) is 15.2. The lowest BCUT2D eigenvalue weighted by molar-refractivity contribution is -0.122. The number of benzene rings is 1. The maximum absolute atomic E-state index is 11.9. The molecule has 1 amide bonds. The first-order chi connectivity index (χ1) is 9.66. The summed E-state index contributed by atoms with van der Waals surface area (Å²) in [6.45, 7) is 0.524. The van der Waals surface area contributed by atoms with Gasteiger partial charge in [-0.25, -0.2) is 0 Å². The van der Waals surface area contributed by atoms with E-state index in [2.05, 4.69) is 21.2 Å². The van der Waals surface area contributed by atoms with E-state index in [-0.39, 0.29) is 5.91 Å². The molecule has 1 atom stereocenters. The first-order valence-corrected chi connectivity index (χ1v) is 8.13. The lowest BCUT2D eigenvalue weighted by Crippen LogP contribution is -2.40. The standard InChI is InChI=1S/C15H17BrN2OS/c16-12-8-9-20-14(12)10-18-15(19)13(17)7-6-11-4-2-1-3-5-11/h1-5,8-9,13H,6-7,10,17H2,(H,18,19)/t13-/m0/s1. The molecule has 106 valence electrons. The van der Waals surface area contributed by atoms with Crippen molar-refractivity contribution in [3.05, 3.63) is 56.7 Å². The van der Waals surface area contributed by atoms with Crippen LogP contribution >= 0.6 is 27.3 Å². The SMILES string of the molecule is N[C@@H](CCc1ccccc1)C(=O)NCc1sccc1Br. The van der Waals surface area contributed by atoms with E-state index in [0.717, 1.165) is 15.8 Å². The summed E-state index contributed by atoms with van der Waals surface area (Å²) in [6, 6.07) is 11.6. The molecule has 0 aliphatic carbocycles. The molecule has 0 aliphatic rings. The number of halogens is 1. The average Bonchev–Trinajstić information content (AvgIpc) is 2.88. The van der Waals surface area contributed by atoms with Crippen molar-refractivity contribution in [3.63, 3.8) is 0 Å². The Morgan fingerprint density at radius 3 is 2.70 bits per heavy atom. The van der Waals surface area contributed by atoms with E-state index >= 15 is 0 Å². The smallest absolute Gasteiger partial charge is 0.237 e. The normalized spacial score (nSPS) is 12.1. The fourth-order valence-electron chi connectivity index (χ4n) is 1.85.